The zero-order valence-corrected chi connectivity index (χ0v) is 16.5. The number of hydrogen-bond acceptors (Lipinski definition) is 4. The van der Waals surface area contributed by atoms with Gasteiger partial charge in [-0.15, -0.1) is 0 Å². The average molecular weight is 363 g/mol. The number of rotatable bonds is 9. The lowest BCUT2D eigenvalue weighted by atomic mass is 10.1. The number of hydrogen-bond donors (Lipinski definition) is 1. The van der Waals surface area contributed by atoms with Crippen LogP contribution < -0.4 is 5.32 Å². The molecule has 0 unspecified atom stereocenters. The summed E-state index contributed by atoms with van der Waals surface area (Å²) in [4.78, 5) is 11.4. The van der Waals surface area contributed by atoms with Crippen LogP contribution in [0.1, 0.15) is 37.3 Å². The van der Waals surface area contributed by atoms with Gasteiger partial charge in [-0.05, 0) is 56.7 Å². The Balaban J connectivity index is 1.79. The lowest BCUT2D eigenvalue weighted by molar-refractivity contribution is 0.00991. The molecular weight excluding hydrogens is 328 g/mol. The maximum absolute atomic E-state index is 5.95. The Morgan fingerprint density at radius 3 is 2.85 bits per heavy atom. The minimum Gasteiger partial charge on any atom is -0.385 e. The molecule has 0 aromatic carbocycles. The van der Waals surface area contributed by atoms with E-state index in [1.807, 2.05) is 12.4 Å². The Labute approximate surface area is 158 Å². The second-order valence-electron chi connectivity index (χ2n) is 6.69. The van der Waals surface area contributed by atoms with Gasteiger partial charge in [-0.25, -0.2) is 0 Å². The van der Waals surface area contributed by atoms with Crippen molar-refractivity contribution in [3.05, 3.63) is 29.6 Å². The van der Waals surface area contributed by atoms with E-state index in [4.69, 9.17) is 14.5 Å². The van der Waals surface area contributed by atoms with Gasteiger partial charge < -0.3 is 19.7 Å². The molecule has 2 rings (SSSR count). The molecular formula is C20H34N4O2. The van der Waals surface area contributed by atoms with Crippen molar-refractivity contribution in [3.63, 3.8) is 0 Å². The highest BCUT2D eigenvalue weighted by Gasteiger charge is 2.21. The van der Waals surface area contributed by atoms with Crippen LogP contribution in [0, 0.1) is 6.92 Å². The van der Waals surface area contributed by atoms with Crippen molar-refractivity contribution in [1.82, 2.24) is 15.2 Å². The number of ether oxygens (including phenoxy) is 2. The third kappa shape index (κ3) is 6.92. The molecule has 1 N–H and O–H groups in total. The fourth-order valence-electron chi connectivity index (χ4n) is 3.18. The van der Waals surface area contributed by atoms with Crippen LogP contribution in [-0.2, 0) is 15.9 Å². The maximum Gasteiger partial charge on any atom is 0.193 e. The van der Waals surface area contributed by atoms with Crippen LogP contribution in [0.25, 0.3) is 0 Å². The van der Waals surface area contributed by atoms with Gasteiger partial charge >= 0.3 is 0 Å². The molecule has 6 heteroatoms. The van der Waals surface area contributed by atoms with E-state index in [2.05, 4.69) is 35.1 Å². The zero-order chi connectivity index (χ0) is 18.6. The van der Waals surface area contributed by atoms with E-state index < -0.39 is 0 Å². The van der Waals surface area contributed by atoms with Crippen LogP contribution in [0.15, 0.2) is 23.5 Å². The highest BCUT2D eigenvalue weighted by atomic mass is 16.5. The summed E-state index contributed by atoms with van der Waals surface area (Å²) in [6.45, 7) is 9.46. The molecule has 146 valence electrons. The topological polar surface area (TPSA) is 59.0 Å². The summed E-state index contributed by atoms with van der Waals surface area (Å²) in [6.07, 6.45) is 8.17. The highest BCUT2D eigenvalue weighted by molar-refractivity contribution is 5.80. The van der Waals surface area contributed by atoms with Crippen molar-refractivity contribution in [2.75, 3.05) is 46.5 Å². The first kappa shape index (κ1) is 20.6. The molecule has 0 amide bonds. The predicted molar refractivity (Wildman–Crippen MR) is 106 cm³/mol. The van der Waals surface area contributed by atoms with E-state index in [-0.39, 0.29) is 0 Å². The number of aryl methyl sites for hydroxylation is 1. The van der Waals surface area contributed by atoms with Gasteiger partial charge in [0.2, 0.25) is 0 Å². The van der Waals surface area contributed by atoms with E-state index in [0.717, 1.165) is 71.0 Å². The van der Waals surface area contributed by atoms with Gasteiger partial charge in [0.15, 0.2) is 5.96 Å². The van der Waals surface area contributed by atoms with Crippen LogP contribution >= 0.6 is 0 Å². The van der Waals surface area contributed by atoms with E-state index in [9.17, 15) is 0 Å². The van der Waals surface area contributed by atoms with Gasteiger partial charge in [0.05, 0.1) is 6.10 Å². The van der Waals surface area contributed by atoms with E-state index in [1.54, 1.807) is 7.11 Å². The van der Waals surface area contributed by atoms with Gasteiger partial charge in [-0.1, -0.05) is 0 Å². The van der Waals surface area contributed by atoms with Crippen LogP contribution in [0.4, 0.5) is 0 Å². The monoisotopic (exact) mass is 362 g/mol. The Kier molecular flexibility index (Phi) is 9.42. The normalized spacial score (nSPS) is 16.1. The summed E-state index contributed by atoms with van der Waals surface area (Å²) in [7, 11) is 1.73. The van der Waals surface area contributed by atoms with Crippen LogP contribution in [0.3, 0.4) is 0 Å². The zero-order valence-electron chi connectivity index (χ0n) is 16.5. The van der Waals surface area contributed by atoms with E-state index >= 15 is 0 Å². The maximum atomic E-state index is 5.95. The predicted octanol–water partition coefficient (Wildman–Crippen LogP) is 2.42. The number of nitrogens with zero attached hydrogens (tertiary/aromatic N) is 3. The van der Waals surface area contributed by atoms with Crippen LogP contribution in [-0.4, -0.2) is 68.4 Å². The van der Waals surface area contributed by atoms with Crippen molar-refractivity contribution in [1.29, 1.82) is 0 Å². The molecule has 0 radical (unpaired) electrons. The minimum absolute atomic E-state index is 0.366. The quantitative estimate of drug-likeness (QED) is 0.415. The molecule has 1 aromatic rings. The Bertz CT molecular complexity index is 542. The van der Waals surface area contributed by atoms with E-state index in [0.29, 0.717) is 6.10 Å². The van der Waals surface area contributed by atoms with Crippen LogP contribution in [0.5, 0.6) is 0 Å². The van der Waals surface area contributed by atoms with Gasteiger partial charge in [0.25, 0.3) is 0 Å². The average Bonchev–Trinajstić information content (AvgIpc) is 2.67. The molecule has 0 spiro atoms. The highest BCUT2D eigenvalue weighted by Crippen LogP contribution is 2.14. The van der Waals surface area contributed by atoms with E-state index in [1.165, 1.54) is 11.1 Å². The Morgan fingerprint density at radius 2 is 2.15 bits per heavy atom. The molecule has 6 nitrogen and oxygen atoms in total. The number of aromatic nitrogens is 1. The number of guanidine groups is 1. The molecule has 1 saturated heterocycles. The fraction of sp³-hybridized carbons (Fsp3) is 0.700. The summed E-state index contributed by atoms with van der Waals surface area (Å²) in [5.74, 6) is 1.03. The third-order valence-corrected chi connectivity index (χ3v) is 4.70. The summed E-state index contributed by atoms with van der Waals surface area (Å²) in [5.41, 5.74) is 2.56. The van der Waals surface area contributed by atoms with Crippen molar-refractivity contribution < 1.29 is 9.47 Å². The summed E-state index contributed by atoms with van der Waals surface area (Å²) < 4.78 is 11.0. The van der Waals surface area contributed by atoms with Gasteiger partial charge in [0, 0.05) is 58.9 Å². The number of likely N-dealkylation sites (tertiary alicyclic amines) is 1. The van der Waals surface area contributed by atoms with Crippen molar-refractivity contribution >= 4 is 5.96 Å². The summed E-state index contributed by atoms with van der Waals surface area (Å²) in [6, 6.07) is 2.09. The van der Waals surface area contributed by atoms with Crippen molar-refractivity contribution in [3.8, 4) is 0 Å². The summed E-state index contributed by atoms with van der Waals surface area (Å²) >= 11 is 0. The first-order valence-corrected chi connectivity index (χ1v) is 9.77. The number of aliphatic imine (C=N–C) groups is 1. The van der Waals surface area contributed by atoms with Crippen LogP contribution in [0.2, 0.25) is 0 Å². The minimum atomic E-state index is 0.366. The molecule has 26 heavy (non-hydrogen) atoms. The first-order chi connectivity index (χ1) is 12.7. The molecule has 1 aliphatic heterocycles. The lowest BCUT2D eigenvalue weighted by Gasteiger charge is -2.34. The van der Waals surface area contributed by atoms with Crippen molar-refractivity contribution in [2.45, 2.75) is 45.6 Å². The number of pyridine rings is 1. The van der Waals surface area contributed by atoms with Gasteiger partial charge in [0.1, 0.15) is 0 Å². The molecule has 0 bridgehead atoms. The smallest absolute Gasteiger partial charge is 0.193 e. The Hall–Kier alpha value is -1.66. The standard InChI is InChI=1S/C20H34N4O2/c1-4-22-20(23-11-7-18-6-10-21-16-17(18)2)24-12-8-19(9-13-24)26-15-5-14-25-3/h6,10,16,19H,4-5,7-9,11-15H2,1-3H3,(H,22,23). The summed E-state index contributed by atoms with van der Waals surface area (Å²) in [5, 5.41) is 3.43. The first-order valence-electron chi connectivity index (χ1n) is 9.77. The molecule has 0 aliphatic carbocycles. The fourth-order valence-corrected chi connectivity index (χ4v) is 3.18. The van der Waals surface area contributed by atoms with Gasteiger partial charge in [-0.3, -0.25) is 9.98 Å². The third-order valence-electron chi connectivity index (χ3n) is 4.70. The SMILES string of the molecule is CCNC(=NCCc1ccncc1C)N1CCC(OCCCOC)CC1. The molecule has 2 heterocycles. The molecule has 1 aromatic heterocycles. The Morgan fingerprint density at radius 1 is 1.35 bits per heavy atom. The molecule has 1 fully saturated rings. The molecule has 0 saturated carbocycles. The lowest BCUT2D eigenvalue weighted by Crippen LogP contribution is -2.47. The second-order valence-corrected chi connectivity index (χ2v) is 6.69. The molecule has 0 atom stereocenters. The van der Waals surface area contributed by atoms with Crippen molar-refractivity contribution in [2.24, 2.45) is 4.99 Å². The second kappa shape index (κ2) is 11.9. The number of methoxy groups -OCH3 is 1. The molecule has 1 aliphatic rings. The largest absolute Gasteiger partial charge is 0.385 e. The number of nitrogens with one attached hydrogen (secondary N) is 1. The number of piperidine rings is 1. The van der Waals surface area contributed by atoms with Gasteiger partial charge in [-0.2, -0.15) is 0 Å².